The third-order valence-electron chi connectivity index (χ3n) is 3.43. The SMILES string of the molecule is CNC(=O)c1noc(CNC(=O)[C@@H]2CN(C)CC[C@@H]2O)n1.O=CO. The average molecular weight is 343 g/mol. The Morgan fingerprint density at radius 2 is 2.17 bits per heavy atom. The molecule has 11 heteroatoms. The van der Waals surface area contributed by atoms with Gasteiger partial charge in [0.05, 0.1) is 18.6 Å². The standard InChI is InChI=1S/C12H19N5O4.CH2O2/c1-13-12(20)10-15-9(21-16-10)5-14-11(19)7-6-17(2)4-3-8(7)18;2-1-3/h7-8,18H,3-6H2,1-2H3,(H,13,20)(H,14,19);1H,(H,2,3)/t7-,8+;/m1./s1. The zero-order chi connectivity index (χ0) is 18.1. The van der Waals surface area contributed by atoms with Gasteiger partial charge in [0, 0.05) is 20.1 Å². The molecular weight excluding hydrogens is 322 g/mol. The molecule has 0 aliphatic carbocycles. The molecule has 2 amide bonds. The van der Waals surface area contributed by atoms with E-state index in [0.717, 1.165) is 6.54 Å². The van der Waals surface area contributed by atoms with Crippen molar-refractivity contribution in [2.24, 2.45) is 5.92 Å². The van der Waals surface area contributed by atoms with Gasteiger partial charge in [0.1, 0.15) is 0 Å². The van der Waals surface area contributed by atoms with Gasteiger partial charge in [-0.05, 0) is 13.5 Å². The molecular formula is C13H21N5O6. The highest BCUT2D eigenvalue weighted by Gasteiger charge is 2.31. The normalized spacial score (nSPS) is 20.5. The van der Waals surface area contributed by atoms with Crippen molar-refractivity contribution in [1.29, 1.82) is 0 Å². The van der Waals surface area contributed by atoms with Crippen LogP contribution in [0.4, 0.5) is 0 Å². The highest BCUT2D eigenvalue weighted by atomic mass is 16.5. The molecule has 0 unspecified atom stereocenters. The van der Waals surface area contributed by atoms with Gasteiger partial charge in [-0.2, -0.15) is 4.98 Å². The van der Waals surface area contributed by atoms with Gasteiger partial charge in [-0.15, -0.1) is 0 Å². The number of aliphatic hydroxyl groups excluding tert-OH is 1. The van der Waals surface area contributed by atoms with E-state index in [9.17, 15) is 14.7 Å². The number of amides is 2. The largest absolute Gasteiger partial charge is 0.483 e. The summed E-state index contributed by atoms with van der Waals surface area (Å²) < 4.78 is 4.86. The fourth-order valence-electron chi connectivity index (χ4n) is 2.18. The van der Waals surface area contributed by atoms with Crippen molar-refractivity contribution in [2.45, 2.75) is 19.1 Å². The fraction of sp³-hybridized carbons (Fsp3) is 0.615. The molecule has 11 nitrogen and oxygen atoms in total. The van der Waals surface area contributed by atoms with E-state index in [0.29, 0.717) is 13.0 Å². The molecule has 0 radical (unpaired) electrons. The average Bonchev–Trinajstić information content (AvgIpc) is 3.04. The third-order valence-corrected chi connectivity index (χ3v) is 3.43. The number of hydrogen-bond acceptors (Lipinski definition) is 8. The number of likely N-dealkylation sites (tertiary alicyclic amines) is 1. The monoisotopic (exact) mass is 343 g/mol. The summed E-state index contributed by atoms with van der Waals surface area (Å²) in [7, 11) is 3.36. The van der Waals surface area contributed by atoms with Gasteiger partial charge >= 0.3 is 0 Å². The van der Waals surface area contributed by atoms with Crippen molar-refractivity contribution >= 4 is 18.3 Å². The molecule has 1 aromatic heterocycles. The molecule has 2 heterocycles. The fourth-order valence-corrected chi connectivity index (χ4v) is 2.18. The lowest BCUT2D eigenvalue weighted by Gasteiger charge is -2.32. The van der Waals surface area contributed by atoms with E-state index in [1.807, 2.05) is 11.9 Å². The maximum Gasteiger partial charge on any atom is 0.292 e. The topological polar surface area (TPSA) is 158 Å². The maximum absolute atomic E-state index is 12.1. The molecule has 1 aromatic rings. The number of piperidine rings is 1. The van der Waals surface area contributed by atoms with Gasteiger partial charge in [-0.3, -0.25) is 14.4 Å². The van der Waals surface area contributed by atoms with Crippen LogP contribution in [0.15, 0.2) is 4.52 Å². The summed E-state index contributed by atoms with van der Waals surface area (Å²) in [4.78, 5) is 37.5. The minimum atomic E-state index is -0.648. The summed E-state index contributed by atoms with van der Waals surface area (Å²) >= 11 is 0. The van der Waals surface area contributed by atoms with Crippen LogP contribution in [0.2, 0.25) is 0 Å². The minimum Gasteiger partial charge on any atom is -0.483 e. The number of carbonyl (C=O) groups is 3. The van der Waals surface area contributed by atoms with Crippen molar-refractivity contribution < 1.29 is 29.1 Å². The van der Waals surface area contributed by atoms with Gasteiger partial charge in [0.15, 0.2) is 0 Å². The molecule has 1 aliphatic rings. The number of nitrogens with one attached hydrogen (secondary N) is 2. The number of aliphatic hydroxyl groups is 1. The van der Waals surface area contributed by atoms with Crippen LogP contribution in [0, 0.1) is 5.92 Å². The maximum atomic E-state index is 12.1. The van der Waals surface area contributed by atoms with E-state index in [2.05, 4.69) is 20.8 Å². The first-order chi connectivity index (χ1) is 11.4. The number of carboxylic acid groups (broad SMARTS) is 1. The van der Waals surface area contributed by atoms with Crippen LogP contribution in [0.25, 0.3) is 0 Å². The Bertz CT molecular complexity index is 563. The van der Waals surface area contributed by atoms with E-state index < -0.39 is 17.9 Å². The third kappa shape index (κ3) is 5.59. The zero-order valence-electron chi connectivity index (χ0n) is 13.4. The number of carbonyl (C=O) groups excluding carboxylic acids is 2. The van der Waals surface area contributed by atoms with Gasteiger partial charge in [-0.25, -0.2) is 0 Å². The highest BCUT2D eigenvalue weighted by Crippen LogP contribution is 2.16. The van der Waals surface area contributed by atoms with Crippen molar-refractivity contribution in [2.75, 3.05) is 27.2 Å². The summed E-state index contributed by atoms with van der Waals surface area (Å²) in [5.74, 6) is -1.15. The van der Waals surface area contributed by atoms with Crippen molar-refractivity contribution in [1.82, 2.24) is 25.7 Å². The summed E-state index contributed by atoms with van der Waals surface area (Å²) in [5, 5.41) is 25.3. The molecule has 2 rings (SSSR count). The lowest BCUT2D eigenvalue weighted by atomic mass is 9.94. The Morgan fingerprint density at radius 3 is 2.79 bits per heavy atom. The zero-order valence-corrected chi connectivity index (χ0v) is 13.4. The molecule has 0 spiro atoms. The molecule has 0 bridgehead atoms. The summed E-state index contributed by atoms with van der Waals surface area (Å²) in [6.07, 6.45) is -0.0824. The van der Waals surface area contributed by atoms with Crippen LogP contribution < -0.4 is 10.6 Å². The second-order valence-electron chi connectivity index (χ2n) is 5.14. The van der Waals surface area contributed by atoms with Crippen LogP contribution in [0.3, 0.4) is 0 Å². The summed E-state index contributed by atoms with van der Waals surface area (Å²) in [5.41, 5.74) is 0. The van der Waals surface area contributed by atoms with E-state index >= 15 is 0 Å². The first-order valence-corrected chi connectivity index (χ1v) is 7.19. The second kappa shape index (κ2) is 9.57. The smallest absolute Gasteiger partial charge is 0.292 e. The molecule has 0 saturated carbocycles. The molecule has 1 fully saturated rings. The van der Waals surface area contributed by atoms with Gasteiger partial charge in [-0.1, -0.05) is 5.16 Å². The van der Waals surface area contributed by atoms with E-state index in [1.165, 1.54) is 7.05 Å². The predicted octanol–water partition coefficient (Wildman–Crippen LogP) is -1.94. The Kier molecular flexibility index (Phi) is 7.79. The molecule has 24 heavy (non-hydrogen) atoms. The Labute approximate surface area is 138 Å². The lowest BCUT2D eigenvalue weighted by molar-refractivity contribution is -0.131. The van der Waals surface area contributed by atoms with Crippen molar-refractivity contribution in [3.05, 3.63) is 11.7 Å². The van der Waals surface area contributed by atoms with E-state index in [1.54, 1.807) is 0 Å². The number of nitrogens with zero attached hydrogens (tertiary/aromatic N) is 3. The molecule has 0 aromatic carbocycles. The van der Waals surface area contributed by atoms with Gasteiger partial charge in [0.25, 0.3) is 18.2 Å². The number of aromatic nitrogens is 2. The van der Waals surface area contributed by atoms with E-state index in [-0.39, 0.29) is 30.6 Å². The lowest BCUT2D eigenvalue weighted by Crippen LogP contribution is -2.48. The summed E-state index contributed by atoms with van der Waals surface area (Å²) in [6, 6.07) is 0. The van der Waals surface area contributed by atoms with Crippen LogP contribution in [-0.4, -0.2) is 76.8 Å². The predicted molar refractivity (Wildman–Crippen MR) is 79.8 cm³/mol. The van der Waals surface area contributed by atoms with E-state index in [4.69, 9.17) is 14.4 Å². The number of rotatable bonds is 4. The first kappa shape index (κ1) is 19.5. The van der Waals surface area contributed by atoms with Gasteiger partial charge in [0.2, 0.25) is 11.8 Å². The summed E-state index contributed by atoms with van der Waals surface area (Å²) in [6.45, 7) is 1.04. The molecule has 134 valence electrons. The van der Waals surface area contributed by atoms with Crippen LogP contribution in [0.5, 0.6) is 0 Å². The van der Waals surface area contributed by atoms with Crippen molar-refractivity contribution in [3.63, 3.8) is 0 Å². The number of hydrogen-bond donors (Lipinski definition) is 4. The van der Waals surface area contributed by atoms with Crippen LogP contribution >= 0.6 is 0 Å². The van der Waals surface area contributed by atoms with Gasteiger partial charge < -0.3 is 30.3 Å². The minimum absolute atomic E-state index is 0.0236. The Balaban J connectivity index is 0.000000891. The molecule has 2 atom stereocenters. The quantitative estimate of drug-likeness (QED) is 0.456. The van der Waals surface area contributed by atoms with Crippen molar-refractivity contribution in [3.8, 4) is 0 Å². The highest BCUT2D eigenvalue weighted by molar-refractivity contribution is 5.89. The molecule has 4 N–H and O–H groups in total. The van der Waals surface area contributed by atoms with Crippen LogP contribution in [-0.2, 0) is 16.1 Å². The first-order valence-electron chi connectivity index (χ1n) is 7.19. The second-order valence-corrected chi connectivity index (χ2v) is 5.14. The molecule has 1 aliphatic heterocycles. The van der Waals surface area contributed by atoms with Crippen LogP contribution in [0.1, 0.15) is 22.9 Å². The molecule has 1 saturated heterocycles. The Hall–Kier alpha value is -2.53. The Morgan fingerprint density at radius 1 is 1.50 bits per heavy atom.